The fourth-order valence-corrected chi connectivity index (χ4v) is 4.00. The normalized spacial score (nSPS) is 17.3. The molecule has 0 saturated carbocycles. The highest BCUT2D eigenvalue weighted by Crippen LogP contribution is 2.39. The maximum Gasteiger partial charge on any atom is 0.416 e. The van der Waals surface area contributed by atoms with Crippen LogP contribution >= 0.6 is 0 Å². The Hall–Kier alpha value is -3.82. The Balaban J connectivity index is 1.58. The van der Waals surface area contributed by atoms with Gasteiger partial charge in [-0.2, -0.15) is 13.2 Å². The van der Waals surface area contributed by atoms with Gasteiger partial charge < -0.3 is 19.5 Å². The highest BCUT2D eigenvalue weighted by molar-refractivity contribution is 6.12. The zero-order valence-corrected chi connectivity index (χ0v) is 18.4. The summed E-state index contributed by atoms with van der Waals surface area (Å²) in [7, 11) is 2.52. The van der Waals surface area contributed by atoms with Crippen molar-refractivity contribution in [1.82, 2.24) is 5.32 Å². The predicted molar refractivity (Wildman–Crippen MR) is 116 cm³/mol. The Morgan fingerprint density at radius 3 is 2.65 bits per heavy atom. The fraction of sp³-hybridized carbons (Fsp3) is 0.292. The van der Waals surface area contributed by atoms with Gasteiger partial charge in [0.05, 0.1) is 31.9 Å². The number of alkyl halides is 3. The van der Waals surface area contributed by atoms with Gasteiger partial charge in [-0.3, -0.25) is 9.79 Å². The Kier molecular flexibility index (Phi) is 6.32. The van der Waals surface area contributed by atoms with Crippen LogP contribution in [0.3, 0.4) is 0 Å². The van der Waals surface area contributed by atoms with Crippen molar-refractivity contribution in [3.63, 3.8) is 0 Å². The number of nitrogens with one attached hydrogen (secondary N) is 1. The lowest BCUT2D eigenvalue weighted by Gasteiger charge is -2.26. The van der Waals surface area contributed by atoms with Gasteiger partial charge >= 0.3 is 12.1 Å². The van der Waals surface area contributed by atoms with Gasteiger partial charge in [0.2, 0.25) is 5.91 Å². The van der Waals surface area contributed by atoms with Gasteiger partial charge in [-0.05, 0) is 29.8 Å². The maximum atomic E-state index is 13.6. The molecule has 1 unspecified atom stereocenters. The van der Waals surface area contributed by atoms with Crippen LogP contribution in [0.1, 0.15) is 39.4 Å². The maximum absolute atomic E-state index is 13.6. The predicted octanol–water partition coefficient (Wildman–Crippen LogP) is 4.02. The Morgan fingerprint density at radius 2 is 1.94 bits per heavy atom. The minimum absolute atomic E-state index is 0.142. The molecule has 1 N–H and O–H groups in total. The molecular formula is C24H21F3N2O5. The Bertz CT molecular complexity index is 1200. The van der Waals surface area contributed by atoms with E-state index >= 15 is 0 Å². The zero-order valence-electron chi connectivity index (χ0n) is 18.4. The van der Waals surface area contributed by atoms with E-state index in [2.05, 4.69) is 15.0 Å². The third-order valence-corrected chi connectivity index (χ3v) is 5.67. The van der Waals surface area contributed by atoms with Crippen molar-refractivity contribution in [1.29, 1.82) is 0 Å². The second-order valence-electron chi connectivity index (χ2n) is 7.71. The number of hydrogen-bond donors (Lipinski definition) is 1. The number of carbonyl (C=O) groups is 2. The van der Waals surface area contributed by atoms with Crippen LogP contribution in [0.5, 0.6) is 11.5 Å². The van der Waals surface area contributed by atoms with E-state index in [-0.39, 0.29) is 35.1 Å². The standard InChI is InChI=1S/C24H21F3N2O5/c1-32-20-10-13(17-11-21(30)29-22-16(17)7-8-28-22)5-6-19(20)34-12-15-4-3-14(23(31)33-2)9-18(15)24(25,26)27/h3-7,9-10,17H,8,11-12H2,1-2H3,(H,28,29,30). The average Bonchev–Trinajstić information content (AvgIpc) is 3.29. The van der Waals surface area contributed by atoms with Crippen molar-refractivity contribution >= 4 is 17.7 Å². The number of aliphatic imine (C=N–C) groups is 1. The summed E-state index contributed by atoms with van der Waals surface area (Å²) in [5.74, 6) is -0.0862. The van der Waals surface area contributed by atoms with Crippen molar-refractivity contribution < 1.29 is 37.0 Å². The number of halogens is 3. The molecule has 2 aliphatic heterocycles. The largest absolute Gasteiger partial charge is 0.493 e. The van der Waals surface area contributed by atoms with Gasteiger partial charge in [0.15, 0.2) is 11.5 Å². The van der Waals surface area contributed by atoms with Gasteiger partial charge in [-0.1, -0.05) is 18.2 Å². The minimum Gasteiger partial charge on any atom is -0.493 e. The number of hydrogen-bond acceptors (Lipinski definition) is 6. The fourth-order valence-electron chi connectivity index (χ4n) is 4.00. The van der Waals surface area contributed by atoms with Crippen LogP contribution in [0.4, 0.5) is 13.2 Å². The molecule has 178 valence electrons. The summed E-state index contributed by atoms with van der Waals surface area (Å²) in [5.41, 5.74) is 0.390. The molecule has 7 nitrogen and oxygen atoms in total. The first-order valence-electron chi connectivity index (χ1n) is 10.3. The molecule has 2 aliphatic rings. The van der Waals surface area contributed by atoms with Crippen LogP contribution in [0.25, 0.3) is 0 Å². The summed E-state index contributed by atoms with van der Waals surface area (Å²) in [6, 6.07) is 8.24. The molecule has 0 radical (unpaired) electrons. The number of fused-ring (bicyclic) bond motifs is 1. The number of rotatable bonds is 6. The summed E-state index contributed by atoms with van der Waals surface area (Å²) in [4.78, 5) is 28.0. The number of amides is 1. The van der Waals surface area contributed by atoms with E-state index in [1.54, 1.807) is 18.2 Å². The monoisotopic (exact) mass is 474 g/mol. The van der Waals surface area contributed by atoms with Crippen LogP contribution in [0.15, 0.2) is 53.0 Å². The van der Waals surface area contributed by atoms with Crippen LogP contribution in [0, 0.1) is 0 Å². The summed E-state index contributed by atoms with van der Waals surface area (Å²) >= 11 is 0. The van der Waals surface area contributed by atoms with Gasteiger partial charge in [0, 0.05) is 23.5 Å². The SMILES string of the molecule is COC(=O)c1ccc(COc2ccc(C3CC(=O)NC4=NCC=C43)cc2OC)c(C(F)(F)F)c1. The summed E-state index contributed by atoms with van der Waals surface area (Å²) in [6.45, 7) is 0.0931. The molecule has 0 bridgehead atoms. The van der Waals surface area contributed by atoms with Crippen LogP contribution in [-0.2, 0) is 22.3 Å². The molecule has 0 aliphatic carbocycles. The van der Waals surface area contributed by atoms with Crippen LogP contribution in [0.2, 0.25) is 0 Å². The number of piperidine rings is 1. The van der Waals surface area contributed by atoms with E-state index in [1.807, 2.05) is 6.08 Å². The topological polar surface area (TPSA) is 86.2 Å². The summed E-state index contributed by atoms with van der Waals surface area (Å²) < 4.78 is 56.3. The number of benzene rings is 2. The molecule has 0 spiro atoms. The lowest BCUT2D eigenvalue weighted by molar-refractivity contribution is -0.138. The molecule has 1 atom stereocenters. The number of esters is 1. The number of nitrogens with zero attached hydrogens (tertiary/aromatic N) is 1. The number of methoxy groups -OCH3 is 2. The van der Waals surface area contributed by atoms with Crippen molar-refractivity contribution in [2.45, 2.75) is 25.1 Å². The highest BCUT2D eigenvalue weighted by Gasteiger charge is 2.35. The van der Waals surface area contributed by atoms with Crippen LogP contribution in [-0.4, -0.2) is 38.5 Å². The third-order valence-electron chi connectivity index (χ3n) is 5.67. The first-order chi connectivity index (χ1) is 16.2. The van der Waals surface area contributed by atoms with E-state index in [0.29, 0.717) is 18.1 Å². The van der Waals surface area contributed by atoms with Gasteiger partial charge in [-0.25, -0.2) is 4.79 Å². The first kappa shape index (κ1) is 23.3. The zero-order chi connectivity index (χ0) is 24.5. The lowest BCUT2D eigenvalue weighted by Crippen LogP contribution is -2.38. The van der Waals surface area contributed by atoms with Crippen molar-refractivity contribution in [2.75, 3.05) is 20.8 Å². The summed E-state index contributed by atoms with van der Waals surface area (Å²) in [5, 5.41) is 2.75. The molecule has 4 rings (SSSR count). The quantitative estimate of drug-likeness (QED) is 0.640. The average molecular weight is 474 g/mol. The van der Waals surface area contributed by atoms with E-state index in [1.165, 1.54) is 19.2 Å². The van der Waals surface area contributed by atoms with E-state index in [4.69, 9.17) is 9.47 Å². The molecule has 2 heterocycles. The van der Waals surface area contributed by atoms with Crippen molar-refractivity contribution in [3.8, 4) is 11.5 Å². The van der Waals surface area contributed by atoms with E-state index in [0.717, 1.165) is 24.3 Å². The number of amidine groups is 1. The van der Waals surface area contributed by atoms with E-state index < -0.39 is 24.3 Å². The second kappa shape index (κ2) is 9.20. The van der Waals surface area contributed by atoms with Gasteiger partial charge in [-0.15, -0.1) is 0 Å². The van der Waals surface area contributed by atoms with E-state index in [9.17, 15) is 22.8 Å². The molecule has 34 heavy (non-hydrogen) atoms. The van der Waals surface area contributed by atoms with Gasteiger partial charge in [0.25, 0.3) is 0 Å². The molecule has 1 saturated heterocycles. The smallest absolute Gasteiger partial charge is 0.416 e. The molecule has 10 heteroatoms. The Labute approximate surface area is 193 Å². The molecule has 2 aromatic carbocycles. The molecule has 1 amide bonds. The van der Waals surface area contributed by atoms with Gasteiger partial charge in [0.1, 0.15) is 12.4 Å². The number of carbonyl (C=O) groups excluding carboxylic acids is 2. The molecule has 1 fully saturated rings. The Morgan fingerprint density at radius 1 is 1.15 bits per heavy atom. The molecule has 2 aromatic rings. The highest BCUT2D eigenvalue weighted by atomic mass is 19.4. The second-order valence-corrected chi connectivity index (χ2v) is 7.71. The summed E-state index contributed by atoms with van der Waals surface area (Å²) in [6.07, 6.45) is -2.49. The van der Waals surface area contributed by atoms with Crippen LogP contribution < -0.4 is 14.8 Å². The lowest BCUT2D eigenvalue weighted by atomic mass is 9.85. The number of ether oxygens (including phenoxy) is 3. The van der Waals surface area contributed by atoms with Crippen molar-refractivity contribution in [2.24, 2.45) is 4.99 Å². The molecular weight excluding hydrogens is 453 g/mol. The molecule has 0 aromatic heterocycles. The first-order valence-corrected chi connectivity index (χ1v) is 10.3. The third kappa shape index (κ3) is 4.61. The van der Waals surface area contributed by atoms with Crippen molar-refractivity contribution in [3.05, 3.63) is 70.3 Å². The minimum atomic E-state index is -4.69.